The van der Waals surface area contributed by atoms with Gasteiger partial charge in [-0.15, -0.1) is 0 Å². The maximum atomic E-state index is 12.7. The number of ether oxygens (including phenoxy) is 1. The van der Waals surface area contributed by atoms with Crippen molar-refractivity contribution in [2.75, 3.05) is 11.5 Å². The van der Waals surface area contributed by atoms with Crippen molar-refractivity contribution < 1.29 is 26.7 Å². The number of alkyl halides is 2. The maximum Gasteiger partial charge on any atom is 0.387 e. The van der Waals surface area contributed by atoms with Gasteiger partial charge in [0.25, 0.3) is 0 Å². The van der Waals surface area contributed by atoms with Crippen molar-refractivity contribution in [3.05, 3.63) is 42.0 Å². The average Bonchev–Trinajstić information content (AvgIpc) is 2.94. The summed E-state index contributed by atoms with van der Waals surface area (Å²) in [6.07, 6.45) is 1.75. The summed E-state index contributed by atoms with van der Waals surface area (Å²) in [6.45, 7) is -2.99. The summed E-state index contributed by atoms with van der Waals surface area (Å²) in [5, 5.41) is 5.30. The molecule has 1 N–H and O–H groups in total. The molecule has 3 rings (SSSR count). The highest BCUT2D eigenvalue weighted by atomic mass is 32.2. The highest BCUT2D eigenvalue weighted by molar-refractivity contribution is 7.91. The second-order valence-electron chi connectivity index (χ2n) is 6.34. The van der Waals surface area contributed by atoms with Gasteiger partial charge in [0.15, 0.2) is 9.84 Å². The van der Waals surface area contributed by atoms with Crippen molar-refractivity contribution in [2.24, 2.45) is 11.0 Å². The first-order valence-electron chi connectivity index (χ1n) is 8.33. The molecule has 1 amide bonds. The number of halogens is 2. The van der Waals surface area contributed by atoms with Crippen LogP contribution in [0.1, 0.15) is 18.4 Å². The van der Waals surface area contributed by atoms with Gasteiger partial charge < -0.3 is 4.74 Å². The molecule has 144 valence electrons. The van der Waals surface area contributed by atoms with Gasteiger partial charge in [-0.25, -0.2) is 13.8 Å². The molecule has 2 aromatic rings. The van der Waals surface area contributed by atoms with E-state index in [1.807, 2.05) is 12.1 Å². The molecular formula is C18H18F2N2O4S. The molecule has 2 aromatic carbocycles. The lowest BCUT2D eigenvalue weighted by atomic mass is 10.0. The highest BCUT2D eigenvalue weighted by Crippen LogP contribution is 2.28. The minimum atomic E-state index is -3.05. The van der Waals surface area contributed by atoms with Crippen LogP contribution in [0.3, 0.4) is 0 Å². The molecule has 1 saturated heterocycles. The number of hydrogen-bond acceptors (Lipinski definition) is 5. The van der Waals surface area contributed by atoms with E-state index in [4.69, 9.17) is 0 Å². The fourth-order valence-electron chi connectivity index (χ4n) is 3.12. The number of nitrogens with one attached hydrogen (secondary N) is 1. The number of carbonyl (C=O) groups excluding carboxylic acids is 1. The van der Waals surface area contributed by atoms with Crippen molar-refractivity contribution in [1.29, 1.82) is 0 Å². The molecule has 1 atom stereocenters. The first kappa shape index (κ1) is 19.2. The van der Waals surface area contributed by atoms with Crippen molar-refractivity contribution in [3.63, 3.8) is 0 Å². The first-order valence-corrected chi connectivity index (χ1v) is 10.1. The predicted octanol–water partition coefficient (Wildman–Crippen LogP) is 2.72. The van der Waals surface area contributed by atoms with Gasteiger partial charge in [0.2, 0.25) is 5.91 Å². The van der Waals surface area contributed by atoms with E-state index < -0.39 is 22.4 Å². The zero-order chi connectivity index (χ0) is 19.4. The second kappa shape index (κ2) is 7.99. The van der Waals surface area contributed by atoms with E-state index in [9.17, 15) is 22.0 Å². The Kier molecular flexibility index (Phi) is 5.69. The number of nitrogens with zero attached hydrogens (tertiary/aromatic N) is 1. The van der Waals surface area contributed by atoms with Crippen LogP contribution in [0.15, 0.2) is 41.5 Å². The van der Waals surface area contributed by atoms with Gasteiger partial charge in [-0.2, -0.15) is 13.9 Å². The van der Waals surface area contributed by atoms with Crippen LogP contribution in [0, 0.1) is 5.92 Å². The van der Waals surface area contributed by atoms with Crippen LogP contribution in [0.25, 0.3) is 10.8 Å². The Morgan fingerprint density at radius 3 is 2.78 bits per heavy atom. The van der Waals surface area contributed by atoms with E-state index >= 15 is 0 Å². The molecule has 0 spiro atoms. The molecule has 0 saturated carbocycles. The molecule has 0 bridgehead atoms. The Morgan fingerprint density at radius 1 is 1.30 bits per heavy atom. The quantitative estimate of drug-likeness (QED) is 0.601. The number of amides is 1. The summed E-state index contributed by atoms with van der Waals surface area (Å²) in [6, 6.07) is 10.2. The zero-order valence-electron chi connectivity index (χ0n) is 14.3. The largest absolute Gasteiger partial charge is 0.434 e. The molecular weight excluding hydrogens is 378 g/mol. The average molecular weight is 396 g/mol. The summed E-state index contributed by atoms with van der Waals surface area (Å²) in [7, 11) is -3.05. The lowest BCUT2D eigenvalue weighted by molar-refractivity contribution is -0.121. The Morgan fingerprint density at radius 2 is 2.07 bits per heavy atom. The van der Waals surface area contributed by atoms with Gasteiger partial charge in [-0.05, 0) is 29.2 Å². The molecule has 0 aromatic heterocycles. The number of sulfone groups is 1. The lowest BCUT2D eigenvalue weighted by Gasteiger charge is -2.11. The van der Waals surface area contributed by atoms with Gasteiger partial charge in [0, 0.05) is 12.0 Å². The van der Waals surface area contributed by atoms with E-state index in [2.05, 4.69) is 15.3 Å². The Balaban J connectivity index is 1.73. The highest BCUT2D eigenvalue weighted by Gasteiger charge is 2.29. The molecule has 1 aliphatic rings. The van der Waals surface area contributed by atoms with Crippen LogP contribution >= 0.6 is 0 Å². The Hall–Kier alpha value is -2.55. The third-order valence-electron chi connectivity index (χ3n) is 4.33. The van der Waals surface area contributed by atoms with Gasteiger partial charge in [-0.3, -0.25) is 4.79 Å². The van der Waals surface area contributed by atoms with Gasteiger partial charge in [0.1, 0.15) is 5.75 Å². The summed E-state index contributed by atoms with van der Waals surface area (Å²) in [4.78, 5) is 12.0. The van der Waals surface area contributed by atoms with Crippen LogP contribution in [-0.2, 0) is 14.6 Å². The smallest absolute Gasteiger partial charge is 0.387 e. The zero-order valence-corrected chi connectivity index (χ0v) is 15.1. The Bertz CT molecular complexity index is 976. The van der Waals surface area contributed by atoms with E-state index in [0.717, 1.165) is 5.39 Å². The molecule has 0 radical (unpaired) electrons. The molecule has 9 heteroatoms. The van der Waals surface area contributed by atoms with Crippen molar-refractivity contribution >= 4 is 32.7 Å². The van der Waals surface area contributed by atoms with Crippen molar-refractivity contribution in [1.82, 2.24) is 5.43 Å². The number of benzene rings is 2. The monoisotopic (exact) mass is 396 g/mol. The maximum absolute atomic E-state index is 12.7. The summed E-state index contributed by atoms with van der Waals surface area (Å²) < 4.78 is 52.7. The lowest BCUT2D eigenvalue weighted by Crippen LogP contribution is -2.21. The summed E-state index contributed by atoms with van der Waals surface area (Å²) in [5.41, 5.74) is 2.64. The van der Waals surface area contributed by atoms with Gasteiger partial charge >= 0.3 is 6.61 Å². The standard InChI is InChI=1S/C18H18F2N2O4S/c19-18(20)26-16-6-5-13-3-1-2-4-14(13)15(16)10-21-22-17(23)9-12-7-8-27(24,25)11-12/h1-6,10,12,18H,7-9,11H2,(H,22,23)/b21-10-/t12-/m1/s1. The summed E-state index contributed by atoms with van der Waals surface area (Å²) >= 11 is 0. The topological polar surface area (TPSA) is 84.8 Å². The normalized spacial score (nSPS) is 19.0. The van der Waals surface area contributed by atoms with Crippen LogP contribution in [0.4, 0.5) is 8.78 Å². The first-order chi connectivity index (χ1) is 12.8. The molecule has 27 heavy (non-hydrogen) atoms. The van der Waals surface area contributed by atoms with E-state index in [-0.39, 0.29) is 29.6 Å². The molecule has 1 aliphatic heterocycles. The molecule has 6 nitrogen and oxygen atoms in total. The number of fused-ring (bicyclic) bond motifs is 1. The van der Waals surface area contributed by atoms with E-state index in [1.54, 1.807) is 18.2 Å². The van der Waals surface area contributed by atoms with Crippen LogP contribution in [0.2, 0.25) is 0 Å². The fourth-order valence-corrected chi connectivity index (χ4v) is 4.98. The number of carbonyl (C=O) groups is 1. The minimum Gasteiger partial charge on any atom is -0.434 e. The minimum absolute atomic E-state index is 0.000165. The van der Waals surface area contributed by atoms with Crippen LogP contribution < -0.4 is 10.2 Å². The molecule has 0 unspecified atom stereocenters. The SMILES string of the molecule is O=C(C[C@H]1CCS(=O)(=O)C1)N/N=C\c1c(OC(F)F)ccc2ccccc12. The van der Waals surface area contributed by atoms with Crippen molar-refractivity contribution in [2.45, 2.75) is 19.5 Å². The number of hydrazone groups is 1. The second-order valence-corrected chi connectivity index (χ2v) is 8.57. The predicted molar refractivity (Wildman–Crippen MR) is 97.7 cm³/mol. The number of rotatable bonds is 6. The van der Waals surface area contributed by atoms with E-state index in [0.29, 0.717) is 17.4 Å². The Labute approximate surface area is 155 Å². The third-order valence-corrected chi connectivity index (χ3v) is 6.17. The number of hydrogen-bond donors (Lipinski definition) is 1. The molecule has 0 aliphatic carbocycles. The van der Waals surface area contributed by atoms with Crippen LogP contribution in [0.5, 0.6) is 5.75 Å². The summed E-state index contributed by atoms with van der Waals surface area (Å²) in [5.74, 6) is -0.604. The third kappa shape index (κ3) is 5.00. The van der Waals surface area contributed by atoms with Gasteiger partial charge in [0.05, 0.1) is 17.7 Å². The molecule has 1 fully saturated rings. The van der Waals surface area contributed by atoms with Crippen molar-refractivity contribution in [3.8, 4) is 5.75 Å². The molecule has 1 heterocycles. The van der Waals surface area contributed by atoms with E-state index in [1.165, 1.54) is 12.3 Å². The van der Waals surface area contributed by atoms with Crippen LogP contribution in [-0.4, -0.2) is 38.7 Å². The fraction of sp³-hybridized carbons (Fsp3) is 0.333. The van der Waals surface area contributed by atoms with Gasteiger partial charge in [-0.1, -0.05) is 30.3 Å².